The van der Waals surface area contributed by atoms with Crippen LogP contribution < -0.4 is 0 Å². The molecule has 4 rings (SSSR count). The highest BCUT2D eigenvalue weighted by atomic mass is 16.5. The number of ether oxygens (including phenoxy) is 1. The number of rotatable bonds is 4. The van der Waals surface area contributed by atoms with Gasteiger partial charge in [-0.25, -0.2) is 0 Å². The molecular formula is C25H42O4. The van der Waals surface area contributed by atoms with Crippen molar-refractivity contribution < 1.29 is 19.7 Å². The molecule has 4 nitrogen and oxygen atoms in total. The monoisotopic (exact) mass is 406 g/mol. The number of esters is 1. The van der Waals surface area contributed by atoms with Crippen molar-refractivity contribution in [1.82, 2.24) is 0 Å². The lowest BCUT2D eigenvalue weighted by Gasteiger charge is -2.62. The fraction of sp³-hybridized carbons (Fsp3) is 0.960. The zero-order valence-corrected chi connectivity index (χ0v) is 18.9. The van der Waals surface area contributed by atoms with Crippen LogP contribution in [0.4, 0.5) is 0 Å². The van der Waals surface area contributed by atoms with E-state index in [1.807, 2.05) is 0 Å². The molecule has 0 amide bonds. The van der Waals surface area contributed by atoms with Crippen LogP contribution in [-0.4, -0.2) is 35.5 Å². The van der Waals surface area contributed by atoms with Crippen LogP contribution in [0.2, 0.25) is 0 Å². The quantitative estimate of drug-likeness (QED) is 0.671. The van der Waals surface area contributed by atoms with E-state index < -0.39 is 0 Å². The zero-order chi connectivity index (χ0) is 21.0. The average molecular weight is 407 g/mol. The zero-order valence-electron chi connectivity index (χ0n) is 18.9. The van der Waals surface area contributed by atoms with E-state index in [-0.39, 0.29) is 23.6 Å². The number of methoxy groups -OCH3 is 1. The Hall–Kier alpha value is -0.610. The third kappa shape index (κ3) is 3.46. The molecule has 166 valence electrons. The highest BCUT2D eigenvalue weighted by molar-refractivity contribution is 5.69. The maximum Gasteiger partial charge on any atom is 0.305 e. The van der Waals surface area contributed by atoms with Crippen molar-refractivity contribution >= 4 is 5.97 Å². The van der Waals surface area contributed by atoms with E-state index in [9.17, 15) is 15.0 Å². The number of carbonyl (C=O) groups is 1. The van der Waals surface area contributed by atoms with Crippen LogP contribution in [0.25, 0.3) is 0 Å². The Kier molecular flexibility index (Phi) is 5.83. The SMILES string of the molecule is COC(=O)CC[C@@H](C)[C@H]1CC[C@H]2[C@@H]3[C@@H](O)C[C@@H]4C[C@@H](O)CC[C@]4(C)[C@H]3CC[C@]12C. The van der Waals surface area contributed by atoms with Gasteiger partial charge < -0.3 is 14.9 Å². The fourth-order valence-electron chi connectivity index (χ4n) is 8.82. The van der Waals surface area contributed by atoms with Crippen molar-refractivity contribution in [2.75, 3.05) is 7.11 Å². The number of carbonyl (C=O) groups excluding carboxylic acids is 1. The molecule has 0 aromatic carbocycles. The van der Waals surface area contributed by atoms with Crippen molar-refractivity contribution in [3.63, 3.8) is 0 Å². The predicted molar refractivity (Wildman–Crippen MR) is 113 cm³/mol. The highest BCUT2D eigenvalue weighted by Crippen LogP contribution is 2.68. The molecule has 0 heterocycles. The summed E-state index contributed by atoms with van der Waals surface area (Å²) < 4.78 is 4.86. The summed E-state index contributed by atoms with van der Waals surface area (Å²) in [5, 5.41) is 21.5. The van der Waals surface area contributed by atoms with Crippen LogP contribution in [0.3, 0.4) is 0 Å². The molecule has 4 fully saturated rings. The normalized spacial score (nSPS) is 50.2. The van der Waals surface area contributed by atoms with E-state index in [0.717, 1.165) is 32.1 Å². The molecule has 0 bridgehead atoms. The van der Waals surface area contributed by atoms with Gasteiger partial charge in [0.1, 0.15) is 0 Å². The Morgan fingerprint density at radius 3 is 2.45 bits per heavy atom. The second kappa shape index (κ2) is 7.82. The van der Waals surface area contributed by atoms with Gasteiger partial charge in [0.25, 0.3) is 0 Å². The van der Waals surface area contributed by atoms with Gasteiger partial charge in [-0.2, -0.15) is 0 Å². The van der Waals surface area contributed by atoms with Crippen LogP contribution in [0.1, 0.15) is 85.0 Å². The fourth-order valence-corrected chi connectivity index (χ4v) is 8.82. The third-order valence-electron chi connectivity index (χ3n) is 10.4. The summed E-state index contributed by atoms with van der Waals surface area (Å²) in [6.45, 7) is 7.29. The van der Waals surface area contributed by atoms with E-state index >= 15 is 0 Å². The minimum absolute atomic E-state index is 0.0959. The summed E-state index contributed by atoms with van der Waals surface area (Å²) >= 11 is 0. The van der Waals surface area contributed by atoms with Gasteiger partial charge in [-0.05, 0) is 104 Å². The second-order valence-corrected chi connectivity index (χ2v) is 11.5. The molecule has 0 aliphatic heterocycles. The first-order chi connectivity index (χ1) is 13.7. The van der Waals surface area contributed by atoms with Crippen molar-refractivity contribution in [3.05, 3.63) is 0 Å². The lowest BCUT2D eigenvalue weighted by atomic mass is 9.43. The average Bonchev–Trinajstić information content (AvgIpc) is 3.04. The summed E-state index contributed by atoms with van der Waals surface area (Å²) in [7, 11) is 1.48. The van der Waals surface area contributed by atoms with Crippen LogP contribution in [0.5, 0.6) is 0 Å². The molecule has 0 unspecified atom stereocenters. The smallest absolute Gasteiger partial charge is 0.305 e. The van der Waals surface area contributed by atoms with Crippen molar-refractivity contribution in [2.45, 2.75) is 97.2 Å². The number of hydrogen-bond acceptors (Lipinski definition) is 4. The Labute approximate surface area is 176 Å². The standard InChI is InChI=1S/C25H42O4/c1-15(5-8-22(28)29-4)18-6-7-19-23-20(10-12-25(18,19)3)24(2)11-9-17(26)13-16(24)14-21(23)27/h15-21,23,26-27H,5-14H2,1-4H3/t15-,16+,17+,18-,19+,20+,21+,23+,24+,25-/m1/s1. The molecule has 4 aliphatic rings. The number of aliphatic hydroxyl groups is 2. The lowest BCUT2D eigenvalue weighted by molar-refractivity contribution is -0.174. The Morgan fingerprint density at radius 2 is 1.72 bits per heavy atom. The lowest BCUT2D eigenvalue weighted by Crippen LogP contribution is -2.58. The molecule has 4 aliphatic carbocycles. The van der Waals surface area contributed by atoms with E-state index in [1.165, 1.54) is 32.8 Å². The molecule has 4 heteroatoms. The number of aliphatic hydroxyl groups excluding tert-OH is 2. The van der Waals surface area contributed by atoms with E-state index in [2.05, 4.69) is 20.8 Å². The Balaban J connectivity index is 1.53. The minimum Gasteiger partial charge on any atom is -0.469 e. The Bertz CT molecular complexity index is 620. The van der Waals surface area contributed by atoms with Crippen LogP contribution in [0, 0.1) is 46.3 Å². The summed E-state index contributed by atoms with van der Waals surface area (Å²) in [5.74, 6) is 3.17. The molecule has 10 atom stereocenters. The number of fused-ring (bicyclic) bond motifs is 5. The maximum atomic E-state index is 11.6. The van der Waals surface area contributed by atoms with Crippen molar-refractivity contribution in [2.24, 2.45) is 46.3 Å². The molecule has 29 heavy (non-hydrogen) atoms. The second-order valence-electron chi connectivity index (χ2n) is 11.5. The first-order valence-corrected chi connectivity index (χ1v) is 12.1. The van der Waals surface area contributed by atoms with Crippen molar-refractivity contribution in [1.29, 1.82) is 0 Å². The van der Waals surface area contributed by atoms with Gasteiger partial charge in [0.15, 0.2) is 0 Å². The van der Waals surface area contributed by atoms with Gasteiger partial charge in [-0.1, -0.05) is 20.8 Å². The molecule has 2 N–H and O–H groups in total. The van der Waals surface area contributed by atoms with Gasteiger partial charge in [0.2, 0.25) is 0 Å². The highest BCUT2D eigenvalue weighted by Gasteiger charge is 2.62. The van der Waals surface area contributed by atoms with Gasteiger partial charge >= 0.3 is 5.97 Å². The minimum atomic E-state index is -0.211. The van der Waals surface area contributed by atoms with Gasteiger partial charge in [-0.3, -0.25) is 4.79 Å². The largest absolute Gasteiger partial charge is 0.469 e. The van der Waals surface area contributed by atoms with Gasteiger partial charge in [0.05, 0.1) is 19.3 Å². The molecule has 0 spiro atoms. The number of hydrogen-bond donors (Lipinski definition) is 2. The first kappa shape index (κ1) is 21.6. The maximum absolute atomic E-state index is 11.6. The molecule has 0 saturated heterocycles. The van der Waals surface area contributed by atoms with Crippen LogP contribution in [-0.2, 0) is 9.53 Å². The predicted octanol–water partition coefficient (Wildman–Crippen LogP) is 4.57. The molecule has 0 aromatic heterocycles. The summed E-state index contributed by atoms with van der Waals surface area (Å²) in [6, 6.07) is 0. The first-order valence-electron chi connectivity index (χ1n) is 12.1. The molecule has 0 aromatic rings. The topological polar surface area (TPSA) is 66.8 Å². The summed E-state index contributed by atoms with van der Waals surface area (Å²) in [4.78, 5) is 11.6. The van der Waals surface area contributed by atoms with E-state index in [4.69, 9.17) is 4.74 Å². The van der Waals surface area contributed by atoms with Crippen LogP contribution >= 0.6 is 0 Å². The summed E-state index contributed by atoms with van der Waals surface area (Å²) in [5.41, 5.74) is 0.577. The summed E-state index contributed by atoms with van der Waals surface area (Å²) in [6.07, 6.45) is 9.80. The van der Waals surface area contributed by atoms with Gasteiger partial charge in [-0.15, -0.1) is 0 Å². The molecule has 4 saturated carbocycles. The van der Waals surface area contributed by atoms with E-state index in [1.54, 1.807) is 0 Å². The Morgan fingerprint density at radius 1 is 1.03 bits per heavy atom. The molecule has 0 radical (unpaired) electrons. The van der Waals surface area contributed by atoms with Gasteiger partial charge in [0, 0.05) is 6.42 Å². The third-order valence-corrected chi connectivity index (χ3v) is 10.4. The van der Waals surface area contributed by atoms with Crippen LogP contribution in [0.15, 0.2) is 0 Å². The molecular weight excluding hydrogens is 364 g/mol. The van der Waals surface area contributed by atoms with Crippen molar-refractivity contribution in [3.8, 4) is 0 Å². The van der Waals surface area contributed by atoms with E-state index in [0.29, 0.717) is 47.3 Å².